The highest BCUT2D eigenvalue weighted by atomic mass is 16.5. The van der Waals surface area contributed by atoms with Crippen LogP contribution in [0.3, 0.4) is 0 Å². The molecule has 1 heterocycles. The molecular weight excluding hydrogens is 161 g/mol. The normalized spacial score (nSPS) is 26.1. The predicted octanol–water partition coefficient (Wildman–Crippen LogP) is 0.929. The van der Waals surface area contributed by atoms with Crippen LogP contribution >= 0.6 is 0 Å². The second kappa shape index (κ2) is 4.92. The maximum atomic E-state index is 5.58. The summed E-state index contributed by atoms with van der Waals surface area (Å²) in [6, 6.07) is 0. The molecule has 2 nitrogen and oxygen atoms in total. The van der Waals surface area contributed by atoms with Gasteiger partial charge in [-0.2, -0.15) is 0 Å². The van der Waals surface area contributed by atoms with Crippen molar-refractivity contribution in [2.24, 2.45) is 0 Å². The highest BCUT2D eigenvalue weighted by Crippen LogP contribution is 2.11. The molecule has 70 valence electrons. The molecule has 0 aromatic rings. The summed E-state index contributed by atoms with van der Waals surface area (Å²) in [5, 5.41) is 3.25. The monoisotopic (exact) mass is 177 g/mol. The highest BCUT2D eigenvalue weighted by molar-refractivity contribution is 6.23. The van der Waals surface area contributed by atoms with Crippen molar-refractivity contribution in [1.29, 1.82) is 0 Å². The van der Waals surface area contributed by atoms with Gasteiger partial charge < -0.3 is 4.74 Å². The van der Waals surface area contributed by atoms with Crippen LogP contribution in [0.5, 0.6) is 0 Å². The Labute approximate surface area is 80.8 Å². The lowest BCUT2D eigenvalue weighted by Crippen LogP contribution is -2.20. The maximum Gasteiger partial charge on any atom is 0.149 e. The van der Waals surface area contributed by atoms with Crippen LogP contribution in [0.1, 0.15) is 13.3 Å². The molecule has 0 radical (unpaired) electrons. The van der Waals surface area contributed by atoms with E-state index in [4.69, 9.17) is 4.74 Å². The van der Waals surface area contributed by atoms with E-state index in [2.05, 4.69) is 18.8 Å². The molecule has 0 bridgehead atoms. The third-order valence-corrected chi connectivity index (χ3v) is 2.02. The molecule has 1 atom stereocenters. The summed E-state index contributed by atoms with van der Waals surface area (Å²) in [4.78, 5) is 0. The topological polar surface area (TPSA) is 21.3 Å². The molecule has 0 spiro atoms. The quantitative estimate of drug-likeness (QED) is 0.511. The van der Waals surface area contributed by atoms with Crippen LogP contribution in [-0.4, -0.2) is 20.6 Å². The van der Waals surface area contributed by atoms with Gasteiger partial charge in [-0.1, -0.05) is 31.1 Å². The molecule has 0 aliphatic carbocycles. The second-order valence-electron chi connectivity index (χ2n) is 3.14. The Hall–Kier alpha value is -0.955. The summed E-state index contributed by atoms with van der Waals surface area (Å²) >= 11 is 0. The average molecular weight is 177 g/mol. The molecule has 1 N–H and O–H groups in total. The maximum absolute atomic E-state index is 5.58. The minimum Gasteiger partial charge on any atom is -0.478 e. The first-order valence-corrected chi connectivity index (χ1v) is 4.66. The van der Waals surface area contributed by atoms with E-state index in [1.807, 2.05) is 26.1 Å². The molecule has 0 aromatic heterocycles. The van der Waals surface area contributed by atoms with Crippen LogP contribution in [0.15, 0.2) is 36.0 Å². The summed E-state index contributed by atoms with van der Waals surface area (Å²) in [5.41, 5.74) is 1.15. The zero-order valence-electron chi connectivity index (χ0n) is 8.34. The number of rotatable bonds is 3. The standard InChI is InChI=1S/C10H16BNO/c1-3-8(11)5-6-9-7-12-10(4-2)13-9/h3,5-6,10,12H,1,4,7,11H2,2H3/b8-5+,9-6+. The molecule has 13 heavy (non-hydrogen) atoms. The molecule has 0 amide bonds. The largest absolute Gasteiger partial charge is 0.478 e. The van der Waals surface area contributed by atoms with Gasteiger partial charge in [-0.25, -0.2) is 0 Å². The molecule has 1 unspecified atom stereocenters. The van der Waals surface area contributed by atoms with Crippen molar-refractivity contribution in [2.75, 3.05) is 6.54 Å². The molecule has 1 saturated heterocycles. The minimum absolute atomic E-state index is 0.198. The Kier molecular flexibility index (Phi) is 3.84. The Balaban J connectivity index is 2.50. The number of nitrogens with one attached hydrogen (secondary N) is 1. The van der Waals surface area contributed by atoms with Crippen molar-refractivity contribution in [2.45, 2.75) is 19.6 Å². The Bertz CT molecular complexity index is 245. The Morgan fingerprint density at radius 1 is 1.85 bits per heavy atom. The van der Waals surface area contributed by atoms with Crippen LogP contribution in [0.4, 0.5) is 0 Å². The van der Waals surface area contributed by atoms with E-state index < -0.39 is 0 Å². The van der Waals surface area contributed by atoms with Crippen LogP contribution in [0.25, 0.3) is 0 Å². The number of hydrogen-bond donors (Lipinski definition) is 1. The van der Waals surface area contributed by atoms with Gasteiger partial charge in [0.05, 0.1) is 6.54 Å². The van der Waals surface area contributed by atoms with Crippen molar-refractivity contribution in [3.63, 3.8) is 0 Å². The molecule has 3 heteroatoms. The van der Waals surface area contributed by atoms with E-state index in [9.17, 15) is 0 Å². The minimum atomic E-state index is 0.198. The smallest absolute Gasteiger partial charge is 0.149 e. The van der Waals surface area contributed by atoms with Gasteiger partial charge >= 0.3 is 0 Å². The molecule has 0 saturated carbocycles. The van der Waals surface area contributed by atoms with E-state index in [-0.39, 0.29) is 6.23 Å². The highest BCUT2D eigenvalue weighted by Gasteiger charge is 2.16. The SMILES string of the molecule is B/C(C=C)=C/C=C1\CNC(CC)O1. The molecule has 1 aliphatic heterocycles. The lowest BCUT2D eigenvalue weighted by Gasteiger charge is -2.05. The fraction of sp³-hybridized carbons (Fsp3) is 0.400. The van der Waals surface area contributed by atoms with E-state index in [0.29, 0.717) is 0 Å². The first-order valence-electron chi connectivity index (χ1n) is 4.66. The van der Waals surface area contributed by atoms with E-state index in [0.717, 1.165) is 24.2 Å². The van der Waals surface area contributed by atoms with Gasteiger partial charge in [0, 0.05) is 0 Å². The first kappa shape index (κ1) is 10.1. The average Bonchev–Trinajstić information content (AvgIpc) is 2.61. The zero-order chi connectivity index (χ0) is 9.68. The van der Waals surface area contributed by atoms with Crippen molar-refractivity contribution in [3.05, 3.63) is 36.0 Å². The molecule has 1 rings (SSSR count). The van der Waals surface area contributed by atoms with Crippen molar-refractivity contribution in [1.82, 2.24) is 5.32 Å². The van der Waals surface area contributed by atoms with Gasteiger partial charge in [-0.3, -0.25) is 5.32 Å². The van der Waals surface area contributed by atoms with Gasteiger partial charge in [0.25, 0.3) is 0 Å². The lowest BCUT2D eigenvalue weighted by molar-refractivity contribution is 0.142. The first-order chi connectivity index (χ1) is 6.26. The van der Waals surface area contributed by atoms with E-state index in [1.165, 1.54) is 0 Å². The lowest BCUT2D eigenvalue weighted by atomic mass is 9.95. The van der Waals surface area contributed by atoms with Crippen LogP contribution in [-0.2, 0) is 4.74 Å². The predicted molar refractivity (Wildman–Crippen MR) is 58.1 cm³/mol. The van der Waals surface area contributed by atoms with Crippen LogP contribution in [0, 0.1) is 0 Å². The fourth-order valence-electron chi connectivity index (χ4n) is 1.10. The molecule has 1 aliphatic rings. The third-order valence-electron chi connectivity index (χ3n) is 2.02. The summed E-state index contributed by atoms with van der Waals surface area (Å²) in [6.45, 7) is 6.62. The Morgan fingerprint density at radius 2 is 2.62 bits per heavy atom. The van der Waals surface area contributed by atoms with E-state index >= 15 is 0 Å². The summed E-state index contributed by atoms with van der Waals surface area (Å²) in [7, 11) is 2.02. The van der Waals surface area contributed by atoms with Gasteiger partial charge in [-0.15, -0.1) is 0 Å². The zero-order valence-corrected chi connectivity index (χ0v) is 8.34. The number of allylic oxidation sites excluding steroid dienone is 4. The van der Waals surface area contributed by atoms with E-state index in [1.54, 1.807) is 0 Å². The summed E-state index contributed by atoms with van der Waals surface area (Å²) in [5.74, 6) is 1.01. The van der Waals surface area contributed by atoms with Gasteiger partial charge in [-0.05, 0) is 12.5 Å². The summed E-state index contributed by atoms with van der Waals surface area (Å²) < 4.78 is 5.58. The summed E-state index contributed by atoms with van der Waals surface area (Å²) in [6.07, 6.45) is 7.05. The number of ether oxygens (including phenoxy) is 1. The molecule has 0 aromatic carbocycles. The fourth-order valence-corrected chi connectivity index (χ4v) is 1.10. The van der Waals surface area contributed by atoms with Gasteiger partial charge in [0.1, 0.15) is 19.8 Å². The second-order valence-corrected chi connectivity index (χ2v) is 3.14. The van der Waals surface area contributed by atoms with Gasteiger partial charge in [0.2, 0.25) is 0 Å². The van der Waals surface area contributed by atoms with Crippen molar-refractivity contribution in [3.8, 4) is 0 Å². The molecular formula is C10H16BNO. The Morgan fingerprint density at radius 3 is 3.15 bits per heavy atom. The van der Waals surface area contributed by atoms with Crippen LogP contribution in [0.2, 0.25) is 0 Å². The third kappa shape index (κ3) is 3.11. The van der Waals surface area contributed by atoms with Crippen molar-refractivity contribution < 1.29 is 4.74 Å². The van der Waals surface area contributed by atoms with Gasteiger partial charge in [0.15, 0.2) is 0 Å². The number of hydrogen-bond acceptors (Lipinski definition) is 2. The van der Waals surface area contributed by atoms with Crippen molar-refractivity contribution >= 4 is 7.85 Å². The molecule has 1 fully saturated rings. The van der Waals surface area contributed by atoms with Crippen LogP contribution < -0.4 is 5.32 Å².